The highest BCUT2D eigenvalue weighted by Crippen LogP contribution is 2.24. The Morgan fingerprint density at radius 2 is 1.86 bits per heavy atom. The summed E-state index contributed by atoms with van der Waals surface area (Å²) in [6, 6.07) is 12.4. The Kier molecular flexibility index (Phi) is 6.09. The molecule has 0 aliphatic carbocycles. The minimum atomic E-state index is -0.130. The van der Waals surface area contributed by atoms with Crippen molar-refractivity contribution in [3.63, 3.8) is 0 Å². The van der Waals surface area contributed by atoms with Gasteiger partial charge in [0.15, 0.2) is 17.3 Å². The van der Waals surface area contributed by atoms with Crippen LogP contribution >= 0.6 is 0 Å². The van der Waals surface area contributed by atoms with E-state index in [9.17, 15) is 9.59 Å². The molecule has 0 bridgehead atoms. The van der Waals surface area contributed by atoms with Gasteiger partial charge in [0.1, 0.15) is 11.3 Å². The van der Waals surface area contributed by atoms with Crippen molar-refractivity contribution < 1.29 is 18.7 Å². The predicted molar refractivity (Wildman–Crippen MR) is 108 cm³/mol. The number of Topliss-reactive ketones (excluding diaryl/α,β-unsaturated/α-hetero) is 1. The predicted octanol–water partition coefficient (Wildman–Crippen LogP) is 4.95. The maximum absolute atomic E-state index is 12.2. The fourth-order valence-electron chi connectivity index (χ4n) is 2.82. The fourth-order valence-corrected chi connectivity index (χ4v) is 2.82. The van der Waals surface area contributed by atoms with E-state index in [-0.39, 0.29) is 24.0 Å². The number of rotatable bonds is 8. The van der Waals surface area contributed by atoms with Gasteiger partial charge in [0, 0.05) is 30.0 Å². The van der Waals surface area contributed by atoms with E-state index in [0.717, 1.165) is 5.52 Å². The number of hydrogen-bond donors (Lipinski definition) is 1. The van der Waals surface area contributed by atoms with Crippen LogP contribution in [-0.4, -0.2) is 23.8 Å². The Bertz CT molecular complexity index is 974. The van der Waals surface area contributed by atoms with E-state index in [1.165, 1.54) is 0 Å². The molecule has 1 aromatic heterocycles. The standard InChI is InChI=1S/C22H24N2O4/c1-14(2)22-24-18-13-16(9-12-20(18)28-22)23-21(26)6-4-5-19(25)15-7-10-17(27-3)11-8-15/h7-14H,4-6H2,1-3H3,(H,23,26). The fraction of sp³-hybridized carbons (Fsp3) is 0.318. The number of ketones is 1. The summed E-state index contributed by atoms with van der Waals surface area (Å²) >= 11 is 0. The number of amides is 1. The average Bonchev–Trinajstić information content (AvgIpc) is 3.11. The van der Waals surface area contributed by atoms with Crippen LogP contribution < -0.4 is 10.1 Å². The Hall–Kier alpha value is -3.15. The van der Waals surface area contributed by atoms with Gasteiger partial charge in [0.2, 0.25) is 5.91 Å². The zero-order chi connectivity index (χ0) is 20.1. The Morgan fingerprint density at radius 3 is 2.54 bits per heavy atom. The first-order valence-electron chi connectivity index (χ1n) is 9.34. The Morgan fingerprint density at radius 1 is 1.11 bits per heavy atom. The van der Waals surface area contributed by atoms with Crippen molar-refractivity contribution in [2.24, 2.45) is 0 Å². The quantitative estimate of drug-likeness (QED) is 0.559. The number of carbonyl (C=O) groups is 2. The van der Waals surface area contributed by atoms with Crippen molar-refractivity contribution in [2.45, 2.75) is 39.0 Å². The van der Waals surface area contributed by atoms with E-state index >= 15 is 0 Å². The van der Waals surface area contributed by atoms with Crippen molar-refractivity contribution in [3.05, 3.63) is 53.9 Å². The second kappa shape index (κ2) is 8.69. The lowest BCUT2D eigenvalue weighted by Crippen LogP contribution is -2.12. The molecule has 0 saturated heterocycles. The molecule has 0 fully saturated rings. The molecule has 3 aromatic rings. The maximum Gasteiger partial charge on any atom is 0.224 e. The van der Waals surface area contributed by atoms with Gasteiger partial charge < -0.3 is 14.5 Å². The number of oxazole rings is 1. The Balaban J connectivity index is 1.51. The number of ether oxygens (including phenoxy) is 1. The van der Waals surface area contributed by atoms with Gasteiger partial charge in [-0.15, -0.1) is 0 Å². The lowest BCUT2D eigenvalue weighted by molar-refractivity contribution is -0.116. The number of carbonyl (C=O) groups excluding carboxylic acids is 2. The lowest BCUT2D eigenvalue weighted by atomic mass is 10.1. The topological polar surface area (TPSA) is 81.4 Å². The maximum atomic E-state index is 12.2. The van der Waals surface area contributed by atoms with Crippen LogP contribution in [0.2, 0.25) is 0 Å². The second-order valence-electron chi connectivity index (χ2n) is 6.94. The molecule has 1 N–H and O–H groups in total. The van der Waals surface area contributed by atoms with E-state index in [0.29, 0.717) is 41.3 Å². The number of aromatic nitrogens is 1. The van der Waals surface area contributed by atoms with E-state index in [4.69, 9.17) is 9.15 Å². The van der Waals surface area contributed by atoms with Crippen LogP contribution in [-0.2, 0) is 4.79 Å². The molecule has 0 unspecified atom stereocenters. The molecule has 3 rings (SSSR count). The minimum absolute atomic E-state index is 0.0145. The zero-order valence-corrected chi connectivity index (χ0v) is 16.3. The molecule has 0 aliphatic heterocycles. The lowest BCUT2D eigenvalue weighted by Gasteiger charge is -2.05. The molecule has 146 valence electrons. The number of nitrogens with one attached hydrogen (secondary N) is 1. The van der Waals surface area contributed by atoms with Gasteiger partial charge in [-0.2, -0.15) is 0 Å². The summed E-state index contributed by atoms with van der Waals surface area (Å²) in [6.07, 6.45) is 1.08. The number of benzene rings is 2. The van der Waals surface area contributed by atoms with Crippen LogP contribution in [0.4, 0.5) is 5.69 Å². The largest absolute Gasteiger partial charge is 0.497 e. The van der Waals surface area contributed by atoms with Crippen LogP contribution in [0.3, 0.4) is 0 Å². The van der Waals surface area contributed by atoms with Crippen molar-refractivity contribution in [2.75, 3.05) is 12.4 Å². The number of nitrogens with zero attached hydrogens (tertiary/aromatic N) is 1. The minimum Gasteiger partial charge on any atom is -0.497 e. The molecule has 6 heteroatoms. The summed E-state index contributed by atoms with van der Waals surface area (Å²) in [4.78, 5) is 28.8. The molecule has 0 radical (unpaired) electrons. The third-order valence-corrected chi connectivity index (χ3v) is 4.40. The first-order valence-corrected chi connectivity index (χ1v) is 9.34. The summed E-state index contributed by atoms with van der Waals surface area (Å²) in [7, 11) is 1.58. The Labute approximate surface area is 163 Å². The van der Waals surface area contributed by atoms with Gasteiger partial charge in [0.25, 0.3) is 0 Å². The summed E-state index contributed by atoms with van der Waals surface area (Å²) in [5, 5.41) is 2.85. The summed E-state index contributed by atoms with van der Waals surface area (Å²) in [5.74, 6) is 1.47. The third kappa shape index (κ3) is 4.76. The van der Waals surface area contributed by atoms with Gasteiger partial charge in [-0.1, -0.05) is 13.8 Å². The first-order chi connectivity index (χ1) is 13.5. The number of methoxy groups -OCH3 is 1. The first kappa shape index (κ1) is 19.6. The van der Waals surface area contributed by atoms with Gasteiger partial charge in [-0.25, -0.2) is 4.98 Å². The molecule has 28 heavy (non-hydrogen) atoms. The van der Waals surface area contributed by atoms with Crippen LogP contribution in [0.1, 0.15) is 55.3 Å². The molecular formula is C22H24N2O4. The number of hydrogen-bond acceptors (Lipinski definition) is 5. The van der Waals surface area contributed by atoms with E-state index < -0.39 is 0 Å². The van der Waals surface area contributed by atoms with Gasteiger partial charge in [-0.05, 0) is 48.9 Å². The van der Waals surface area contributed by atoms with Crippen LogP contribution in [0.5, 0.6) is 5.75 Å². The van der Waals surface area contributed by atoms with Gasteiger partial charge in [0.05, 0.1) is 7.11 Å². The molecule has 6 nitrogen and oxygen atoms in total. The molecule has 0 atom stereocenters. The van der Waals surface area contributed by atoms with Crippen LogP contribution in [0.15, 0.2) is 46.9 Å². The molecule has 1 heterocycles. The molecule has 0 spiro atoms. The van der Waals surface area contributed by atoms with Gasteiger partial charge in [-0.3, -0.25) is 9.59 Å². The second-order valence-corrected chi connectivity index (χ2v) is 6.94. The van der Waals surface area contributed by atoms with Crippen LogP contribution in [0.25, 0.3) is 11.1 Å². The molecule has 0 aliphatic rings. The highest BCUT2D eigenvalue weighted by Gasteiger charge is 2.11. The van der Waals surface area contributed by atoms with E-state index in [1.807, 2.05) is 13.8 Å². The van der Waals surface area contributed by atoms with Crippen molar-refractivity contribution >= 4 is 28.5 Å². The van der Waals surface area contributed by atoms with Gasteiger partial charge >= 0.3 is 0 Å². The average molecular weight is 380 g/mol. The normalized spacial score (nSPS) is 11.0. The highest BCUT2D eigenvalue weighted by atomic mass is 16.5. The van der Waals surface area contributed by atoms with Crippen LogP contribution in [0, 0.1) is 0 Å². The summed E-state index contributed by atoms with van der Waals surface area (Å²) in [6.45, 7) is 4.03. The molecule has 0 saturated carbocycles. The SMILES string of the molecule is COc1ccc(C(=O)CCCC(=O)Nc2ccc3oc(C(C)C)nc3c2)cc1. The molecule has 1 amide bonds. The van der Waals surface area contributed by atoms with E-state index in [2.05, 4.69) is 10.3 Å². The van der Waals surface area contributed by atoms with E-state index in [1.54, 1.807) is 49.6 Å². The van der Waals surface area contributed by atoms with Crippen molar-refractivity contribution in [1.29, 1.82) is 0 Å². The number of anilines is 1. The smallest absolute Gasteiger partial charge is 0.224 e. The zero-order valence-electron chi connectivity index (χ0n) is 16.3. The monoisotopic (exact) mass is 380 g/mol. The third-order valence-electron chi connectivity index (χ3n) is 4.40. The van der Waals surface area contributed by atoms with Crippen molar-refractivity contribution in [3.8, 4) is 5.75 Å². The summed E-state index contributed by atoms with van der Waals surface area (Å²) in [5.41, 5.74) is 2.71. The molecular weight excluding hydrogens is 356 g/mol. The van der Waals surface area contributed by atoms with Crippen molar-refractivity contribution in [1.82, 2.24) is 4.98 Å². The number of fused-ring (bicyclic) bond motifs is 1. The highest BCUT2D eigenvalue weighted by molar-refractivity contribution is 5.97. The molecule has 2 aromatic carbocycles. The summed E-state index contributed by atoms with van der Waals surface area (Å²) < 4.78 is 10.8.